The molecule has 0 spiro atoms. The molecular formula is C50H55N13O7. The van der Waals surface area contributed by atoms with Gasteiger partial charge in [0.05, 0.1) is 18.0 Å². The number of imidazole rings is 2. The van der Waals surface area contributed by atoms with Crippen molar-refractivity contribution in [2.45, 2.75) is 38.0 Å². The van der Waals surface area contributed by atoms with Gasteiger partial charge in [0.15, 0.2) is 22.3 Å². The minimum atomic E-state index is -0.417. The fourth-order valence-corrected chi connectivity index (χ4v) is 9.43. The molecule has 0 aliphatic carbocycles. The Kier molecular flexibility index (Phi) is 13.3. The van der Waals surface area contributed by atoms with Gasteiger partial charge in [-0.25, -0.2) is 9.59 Å². The largest absolute Gasteiger partial charge is 0.508 e. The maximum Gasteiger partial charge on any atom is 0.332 e. The number of benzene rings is 4. The van der Waals surface area contributed by atoms with Crippen molar-refractivity contribution in [2.75, 3.05) is 49.1 Å². The number of anilines is 2. The molecule has 20 heteroatoms. The Morgan fingerprint density at radius 2 is 0.971 bits per heavy atom. The van der Waals surface area contributed by atoms with Gasteiger partial charge < -0.3 is 25.5 Å². The number of hydrogen-bond donors (Lipinski definition) is 3. The van der Waals surface area contributed by atoms with Crippen molar-refractivity contribution in [2.24, 2.45) is 28.2 Å². The Morgan fingerprint density at radius 1 is 0.571 bits per heavy atom. The maximum atomic E-state index is 13.2. The van der Waals surface area contributed by atoms with Crippen LogP contribution in [0.1, 0.15) is 22.3 Å². The molecule has 70 heavy (non-hydrogen) atoms. The number of nitro benzene ring substituents is 1. The van der Waals surface area contributed by atoms with Crippen LogP contribution >= 0.6 is 0 Å². The molecule has 10 rings (SSSR count). The molecule has 6 heterocycles. The average molecular weight is 950 g/mol. The number of nitrogens with one attached hydrogen (secondary N) is 2. The summed E-state index contributed by atoms with van der Waals surface area (Å²) >= 11 is 0. The van der Waals surface area contributed by atoms with Crippen molar-refractivity contribution >= 4 is 39.9 Å². The van der Waals surface area contributed by atoms with E-state index in [1.54, 1.807) is 38.4 Å². The molecule has 2 aliphatic heterocycles. The SMILES string of the molecule is Cn1c(=O)c2c(nc(N3CCN[C@H](Cc4ccc(O)cc4)C3)n2Cc2ccccc2)n(C)c1=O.Cn1c(=O)c2c(nc(N3CCN[C@H](Cc4ccc([N+](=O)[O-])cc4)C3)n2Cc2ccccc2)n(C)c1=O. The number of phenolic OH excluding ortho intramolecular Hbond substituents is 1. The Balaban J connectivity index is 0.000000174. The van der Waals surface area contributed by atoms with Gasteiger partial charge in [-0.15, -0.1) is 0 Å². The van der Waals surface area contributed by atoms with E-state index in [0.29, 0.717) is 79.9 Å². The van der Waals surface area contributed by atoms with Gasteiger partial charge in [0.1, 0.15) is 5.75 Å². The van der Waals surface area contributed by atoms with E-state index in [2.05, 4.69) is 20.4 Å². The summed E-state index contributed by atoms with van der Waals surface area (Å²) in [5, 5.41) is 27.6. The third kappa shape index (κ3) is 9.50. The number of phenols is 1. The molecule has 0 saturated carbocycles. The van der Waals surface area contributed by atoms with Crippen LogP contribution in [0.4, 0.5) is 17.6 Å². The number of nitro groups is 1. The van der Waals surface area contributed by atoms with Gasteiger partial charge in [0, 0.05) is 91.7 Å². The molecule has 0 radical (unpaired) electrons. The normalized spacial score (nSPS) is 16.1. The van der Waals surface area contributed by atoms with E-state index in [4.69, 9.17) is 9.97 Å². The van der Waals surface area contributed by atoms with Gasteiger partial charge >= 0.3 is 11.4 Å². The predicted octanol–water partition coefficient (Wildman–Crippen LogP) is 2.62. The molecule has 20 nitrogen and oxygen atoms in total. The number of aromatic hydroxyl groups is 1. The van der Waals surface area contributed by atoms with Crippen LogP contribution in [0.25, 0.3) is 22.3 Å². The van der Waals surface area contributed by atoms with E-state index >= 15 is 0 Å². The highest BCUT2D eigenvalue weighted by Crippen LogP contribution is 2.26. The van der Waals surface area contributed by atoms with Crippen molar-refractivity contribution in [1.82, 2.24) is 48.0 Å². The van der Waals surface area contributed by atoms with Crippen molar-refractivity contribution < 1.29 is 10.0 Å². The van der Waals surface area contributed by atoms with Crippen LogP contribution in [-0.2, 0) is 54.1 Å². The number of piperazine rings is 2. The third-order valence-corrected chi connectivity index (χ3v) is 13.1. The zero-order chi connectivity index (χ0) is 49.2. The summed E-state index contributed by atoms with van der Waals surface area (Å²) < 4.78 is 8.96. The smallest absolute Gasteiger partial charge is 0.332 e. The second-order valence-electron chi connectivity index (χ2n) is 17.9. The summed E-state index contributed by atoms with van der Waals surface area (Å²) in [6.07, 6.45) is 1.49. The molecule has 2 saturated heterocycles. The van der Waals surface area contributed by atoms with Crippen molar-refractivity contribution in [3.05, 3.63) is 183 Å². The molecule has 4 aromatic heterocycles. The highest BCUT2D eigenvalue weighted by molar-refractivity contribution is 5.76. The van der Waals surface area contributed by atoms with E-state index in [-0.39, 0.29) is 40.3 Å². The summed E-state index contributed by atoms with van der Waals surface area (Å²) in [7, 11) is 6.26. The summed E-state index contributed by atoms with van der Waals surface area (Å²) in [5.74, 6) is 1.58. The lowest BCUT2D eigenvalue weighted by Crippen LogP contribution is -2.52. The number of hydrogen-bond acceptors (Lipinski definition) is 13. The lowest BCUT2D eigenvalue weighted by atomic mass is 10.0. The standard InChI is InChI=1S/C25H27N7O4.C25H28N6O3/c1-28-22-21(23(33)29(2)25(28)34)31(15-18-6-4-3-5-7-18)24(27-22)30-13-12-26-19(16-30)14-17-8-10-20(11-9-17)32(35)36;1-28-22-21(23(33)29(2)25(28)34)31(15-18-6-4-3-5-7-18)24(27-22)30-13-12-26-19(16-30)14-17-8-10-20(32)11-9-17/h3-11,19,26H,12-16H2,1-2H3;3-11,19,26,32H,12-16H2,1-2H3/t2*19-/m11/s1. The molecule has 0 unspecified atom stereocenters. The predicted molar refractivity (Wildman–Crippen MR) is 268 cm³/mol. The molecular weight excluding hydrogens is 895 g/mol. The van der Waals surface area contributed by atoms with Crippen LogP contribution in [-0.4, -0.2) is 98.8 Å². The van der Waals surface area contributed by atoms with Gasteiger partial charge in [0.2, 0.25) is 11.9 Å². The summed E-state index contributed by atoms with van der Waals surface area (Å²) in [4.78, 5) is 76.1. The lowest BCUT2D eigenvalue weighted by molar-refractivity contribution is -0.384. The van der Waals surface area contributed by atoms with Crippen LogP contribution in [0, 0.1) is 10.1 Å². The first kappa shape index (κ1) is 47.0. The van der Waals surface area contributed by atoms with E-state index in [9.17, 15) is 34.4 Å². The lowest BCUT2D eigenvalue weighted by Gasteiger charge is -2.34. The Morgan fingerprint density at radius 3 is 1.37 bits per heavy atom. The summed E-state index contributed by atoms with van der Waals surface area (Å²) in [6, 6.07) is 33.9. The second-order valence-corrected chi connectivity index (χ2v) is 17.9. The number of fused-ring (bicyclic) bond motifs is 2. The van der Waals surface area contributed by atoms with Crippen LogP contribution in [0.3, 0.4) is 0 Å². The highest BCUT2D eigenvalue weighted by atomic mass is 16.6. The average Bonchev–Trinajstić information content (AvgIpc) is 3.95. The minimum Gasteiger partial charge on any atom is -0.508 e. The fourth-order valence-electron chi connectivity index (χ4n) is 9.43. The maximum absolute atomic E-state index is 13.2. The third-order valence-electron chi connectivity index (χ3n) is 13.1. The van der Waals surface area contributed by atoms with E-state index in [1.807, 2.05) is 81.9 Å². The molecule has 4 aromatic carbocycles. The number of nitrogens with zero attached hydrogens (tertiary/aromatic N) is 11. The Bertz CT molecular complexity index is 3430. The van der Waals surface area contributed by atoms with Gasteiger partial charge in [-0.05, 0) is 47.2 Å². The number of aromatic nitrogens is 8. The van der Waals surface area contributed by atoms with Gasteiger partial charge in [-0.1, -0.05) is 84.9 Å². The van der Waals surface area contributed by atoms with Crippen LogP contribution in [0.2, 0.25) is 0 Å². The fraction of sp³-hybridized carbons (Fsp3) is 0.320. The minimum absolute atomic E-state index is 0.0683. The molecule has 2 fully saturated rings. The number of rotatable bonds is 11. The number of aryl methyl sites for hydroxylation is 2. The quantitative estimate of drug-likeness (QED) is 0.126. The molecule has 3 N–H and O–H groups in total. The van der Waals surface area contributed by atoms with Gasteiger partial charge in [0.25, 0.3) is 16.8 Å². The molecule has 362 valence electrons. The van der Waals surface area contributed by atoms with E-state index < -0.39 is 10.6 Å². The van der Waals surface area contributed by atoms with Crippen LogP contribution in [0.5, 0.6) is 5.75 Å². The van der Waals surface area contributed by atoms with Crippen molar-refractivity contribution in [3.63, 3.8) is 0 Å². The first-order valence-corrected chi connectivity index (χ1v) is 23.1. The summed E-state index contributed by atoms with van der Waals surface area (Å²) in [6.45, 7) is 5.15. The van der Waals surface area contributed by atoms with Gasteiger partial charge in [-0.3, -0.25) is 47.1 Å². The second kappa shape index (κ2) is 19.9. The summed E-state index contributed by atoms with van der Waals surface area (Å²) in [5.41, 5.74) is 4.32. The monoisotopic (exact) mass is 949 g/mol. The van der Waals surface area contributed by atoms with Crippen LogP contribution in [0.15, 0.2) is 128 Å². The molecule has 8 aromatic rings. The topological polar surface area (TPSA) is 218 Å². The van der Waals surface area contributed by atoms with Gasteiger partial charge in [-0.2, -0.15) is 9.97 Å². The zero-order valence-electron chi connectivity index (χ0n) is 39.4. The number of non-ortho nitro benzene ring substituents is 1. The van der Waals surface area contributed by atoms with Crippen molar-refractivity contribution in [3.8, 4) is 5.75 Å². The first-order valence-electron chi connectivity index (χ1n) is 23.1. The molecule has 0 amide bonds. The highest BCUT2D eigenvalue weighted by Gasteiger charge is 2.29. The molecule has 2 aliphatic rings. The molecule has 0 bridgehead atoms. The van der Waals surface area contributed by atoms with Crippen LogP contribution < -0.4 is 42.9 Å². The van der Waals surface area contributed by atoms with E-state index in [0.717, 1.165) is 50.9 Å². The Hall–Kier alpha value is -8.10. The van der Waals surface area contributed by atoms with E-state index in [1.165, 1.54) is 35.4 Å². The molecule has 2 atom stereocenters. The first-order chi connectivity index (χ1) is 33.7. The Labute approximate surface area is 401 Å². The van der Waals surface area contributed by atoms with Crippen molar-refractivity contribution in [1.29, 1.82) is 0 Å². The zero-order valence-corrected chi connectivity index (χ0v) is 39.4.